The monoisotopic (exact) mass is 418 g/mol. The van der Waals surface area contributed by atoms with E-state index in [1.165, 1.54) is 16.1 Å². The van der Waals surface area contributed by atoms with Crippen molar-refractivity contribution in [1.29, 1.82) is 0 Å². The Labute approximate surface area is 160 Å². The molecule has 1 aliphatic rings. The van der Waals surface area contributed by atoms with Crippen LogP contribution in [0.25, 0.3) is 0 Å². The Bertz CT molecular complexity index is 956. The third kappa shape index (κ3) is 3.97. The van der Waals surface area contributed by atoms with Crippen LogP contribution in [0.4, 0.5) is 8.78 Å². The number of hydrogen-bond acceptors (Lipinski definition) is 4. The lowest BCUT2D eigenvalue weighted by molar-refractivity contribution is 0.0560. The van der Waals surface area contributed by atoms with Crippen molar-refractivity contribution < 1.29 is 22.0 Å². The summed E-state index contributed by atoms with van der Waals surface area (Å²) < 4.78 is 52.5. The van der Waals surface area contributed by atoms with Gasteiger partial charge in [0.15, 0.2) is 0 Å². The number of piperazine rings is 1. The highest BCUT2D eigenvalue weighted by Crippen LogP contribution is 2.23. The summed E-state index contributed by atoms with van der Waals surface area (Å²) in [4.78, 5) is 13.8. The molecule has 0 bridgehead atoms. The van der Waals surface area contributed by atoms with Crippen LogP contribution in [0.15, 0.2) is 35.4 Å². The predicted octanol–water partition coefficient (Wildman–Crippen LogP) is 2.39. The van der Waals surface area contributed by atoms with Gasteiger partial charge in [-0.1, -0.05) is 17.7 Å². The first-order valence-electron chi connectivity index (χ1n) is 8.09. The second-order valence-electron chi connectivity index (χ2n) is 6.04. The Morgan fingerprint density at radius 2 is 1.89 bits per heavy atom. The molecule has 1 aromatic heterocycles. The SMILES string of the molecule is Cc1nn(C(F)F)cc1S(=O)(=O)N1CCN(C(=O)c2cccc(Cl)c2)CC1. The lowest BCUT2D eigenvalue weighted by Crippen LogP contribution is -2.50. The van der Waals surface area contributed by atoms with E-state index in [4.69, 9.17) is 11.6 Å². The molecular formula is C16H17ClF2N4O3S. The highest BCUT2D eigenvalue weighted by Gasteiger charge is 2.33. The maximum atomic E-state index is 12.8. The molecule has 0 radical (unpaired) electrons. The second kappa shape index (κ2) is 7.53. The van der Waals surface area contributed by atoms with E-state index in [2.05, 4.69) is 5.10 Å². The van der Waals surface area contributed by atoms with Crippen LogP contribution in [0, 0.1) is 6.92 Å². The van der Waals surface area contributed by atoms with Crippen LogP contribution in [0.1, 0.15) is 22.6 Å². The Morgan fingerprint density at radius 1 is 1.22 bits per heavy atom. The van der Waals surface area contributed by atoms with E-state index in [0.29, 0.717) is 15.3 Å². The van der Waals surface area contributed by atoms with Crippen molar-refractivity contribution in [1.82, 2.24) is 19.0 Å². The maximum absolute atomic E-state index is 12.8. The van der Waals surface area contributed by atoms with Crippen LogP contribution in [-0.4, -0.2) is 59.5 Å². The van der Waals surface area contributed by atoms with E-state index >= 15 is 0 Å². The van der Waals surface area contributed by atoms with Gasteiger partial charge in [0.25, 0.3) is 5.91 Å². The Hall–Kier alpha value is -2.04. The number of halogens is 3. The standard InChI is InChI=1S/C16H17ClF2N4O3S/c1-11-14(10-23(20-11)16(18)19)27(25,26)22-7-5-21(6-8-22)15(24)12-3-2-4-13(17)9-12/h2-4,9-10,16H,5-8H2,1H3. The van der Waals surface area contributed by atoms with Crippen LogP contribution in [0.3, 0.4) is 0 Å². The number of hydrogen-bond donors (Lipinski definition) is 0. The number of carbonyl (C=O) groups is 1. The van der Waals surface area contributed by atoms with E-state index in [1.807, 2.05) is 0 Å². The third-order valence-electron chi connectivity index (χ3n) is 4.29. The molecule has 1 saturated heterocycles. The van der Waals surface area contributed by atoms with E-state index in [1.54, 1.807) is 24.3 Å². The first kappa shape index (κ1) is 19.7. The van der Waals surface area contributed by atoms with Crippen molar-refractivity contribution in [2.45, 2.75) is 18.4 Å². The average Bonchev–Trinajstić information content (AvgIpc) is 3.04. The fourth-order valence-corrected chi connectivity index (χ4v) is 4.66. The normalized spacial score (nSPS) is 16.1. The Kier molecular flexibility index (Phi) is 5.50. The average molecular weight is 419 g/mol. The van der Waals surface area contributed by atoms with E-state index < -0.39 is 16.6 Å². The predicted molar refractivity (Wildman–Crippen MR) is 94.3 cm³/mol. The minimum atomic E-state index is -3.97. The van der Waals surface area contributed by atoms with Crippen molar-refractivity contribution in [3.8, 4) is 0 Å². The highest BCUT2D eigenvalue weighted by molar-refractivity contribution is 7.89. The van der Waals surface area contributed by atoms with E-state index in [0.717, 1.165) is 6.20 Å². The van der Waals surface area contributed by atoms with Gasteiger partial charge >= 0.3 is 6.55 Å². The molecule has 1 fully saturated rings. The summed E-state index contributed by atoms with van der Waals surface area (Å²) in [5, 5.41) is 3.98. The van der Waals surface area contributed by atoms with Gasteiger partial charge in [0.05, 0.1) is 11.9 Å². The summed E-state index contributed by atoms with van der Waals surface area (Å²) in [7, 11) is -3.97. The Balaban J connectivity index is 1.72. The van der Waals surface area contributed by atoms with Crippen LogP contribution >= 0.6 is 11.6 Å². The van der Waals surface area contributed by atoms with Crippen LogP contribution < -0.4 is 0 Å². The molecule has 0 aliphatic carbocycles. The fraction of sp³-hybridized carbons (Fsp3) is 0.375. The first-order chi connectivity index (χ1) is 12.7. The third-order valence-corrected chi connectivity index (χ3v) is 6.52. The van der Waals surface area contributed by atoms with Gasteiger partial charge in [-0.25, -0.2) is 13.1 Å². The van der Waals surface area contributed by atoms with Gasteiger partial charge in [-0.2, -0.15) is 18.2 Å². The summed E-state index contributed by atoms with van der Waals surface area (Å²) in [6.07, 6.45) is 0.832. The number of nitrogens with zero attached hydrogens (tertiary/aromatic N) is 4. The molecule has 146 valence electrons. The van der Waals surface area contributed by atoms with Gasteiger partial charge in [0.1, 0.15) is 4.90 Å². The number of alkyl halides is 2. The van der Waals surface area contributed by atoms with Gasteiger partial charge in [-0.05, 0) is 25.1 Å². The van der Waals surface area contributed by atoms with Gasteiger partial charge < -0.3 is 4.90 Å². The minimum absolute atomic E-state index is 0.00716. The first-order valence-corrected chi connectivity index (χ1v) is 9.91. The van der Waals surface area contributed by atoms with Crippen molar-refractivity contribution in [2.75, 3.05) is 26.2 Å². The van der Waals surface area contributed by atoms with Crippen molar-refractivity contribution in [2.24, 2.45) is 0 Å². The topological polar surface area (TPSA) is 75.5 Å². The van der Waals surface area contributed by atoms with Crippen molar-refractivity contribution in [3.63, 3.8) is 0 Å². The lowest BCUT2D eigenvalue weighted by atomic mass is 10.2. The van der Waals surface area contributed by atoms with Crippen LogP contribution in [0.5, 0.6) is 0 Å². The number of aryl methyl sites for hydroxylation is 1. The zero-order valence-electron chi connectivity index (χ0n) is 14.3. The molecule has 0 saturated carbocycles. The maximum Gasteiger partial charge on any atom is 0.333 e. The number of carbonyl (C=O) groups excluding carboxylic acids is 1. The summed E-state index contributed by atoms with van der Waals surface area (Å²) in [5.41, 5.74) is 0.431. The second-order valence-corrected chi connectivity index (χ2v) is 8.39. The number of aromatic nitrogens is 2. The van der Waals surface area contributed by atoms with Crippen LogP contribution in [0.2, 0.25) is 5.02 Å². The Morgan fingerprint density at radius 3 is 2.44 bits per heavy atom. The number of rotatable bonds is 4. The fourth-order valence-electron chi connectivity index (χ4n) is 2.89. The molecule has 2 heterocycles. The summed E-state index contributed by atoms with van der Waals surface area (Å²) >= 11 is 5.90. The molecule has 7 nitrogen and oxygen atoms in total. The molecule has 3 rings (SSSR count). The van der Waals surface area contributed by atoms with Gasteiger partial charge in [0, 0.05) is 36.8 Å². The smallest absolute Gasteiger partial charge is 0.333 e. The quantitative estimate of drug-likeness (QED) is 0.764. The van der Waals surface area contributed by atoms with Crippen LogP contribution in [-0.2, 0) is 10.0 Å². The lowest BCUT2D eigenvalue weighted by Gasteiger charge is -2.34. The molecule has 11 heteroatoms. The molecule has 1 amide bonds. The summed E-state index contributed by atoms with van der Waals surface area (Å²) in [5.74, 6) is -0.240. The largest absolute Gasteiger partial charge is 0.336 e. The molecule has 0 spiro atoms. The van der Waals surface area contributed by atoms with E-state index in [-0.39, 0.29) is 42.7 Å². The van der Waals surface area contributed by atoms with Gasteiger partial charge in [0.2, 0.25) is 10.0 Å². The molecule has 2 aromatic rings. The molecule has 0 atom stereocenters. The molecule has 0 N–H and O–H groups in total. The van der Waals surface area contributed by atoms with Gasteiger partial charge in [-0.3, -0.25) is 4.79 Å². The number of benzene rings is 1. The molecule has 1 aromatic carbocycles. The molecule has 1 aliphatic heterocycles. The van der Waals surface area contributed by atoms with Gasteiger partial charge in [-0.15, -0.1) is 0 Å². The van der Waals surface area contributed by atoms with Crippen molar-refractivity contribution in [3.05, 3.63) is 46.7 Å². The summed E-state index contributed by atoms with van der Waals surface area (Å²) in [6, 6.07) is 6.51. The highest BCUT2D eigenvalue weighted by atomic mass is 35.5. The summed E-state index contributed by atoms with van der Waals surface area (Å²) in [6.45, 7) is -1.05. The minimum Gasteiger partial charge on any atom is -0.336 e. The number of amides is 1. The van der Waals surface area contributed by atoms with E-state index in [9.17, 15) is 22.0 Å². The molecule has 27 heavy (non-hydrogen) atoms. The number of sulfonamides is 1. The van der Waals surface area contributed by atoms with Crippen molar-refractivity contribution >= 4 is 27.5 Å². The zero-order valence-corrected chi connectivity index (χ0v) is 15.9. The molecular weight excluding hydrogens is 402 g/mol. The zero-order chi connectivity index (χ0) is 19.8. The molecule has 0 unspecified atom stereocenters.